The van der Waals surface area contributed by atoms with Gasteiger partial charge >= 0.3 is 0 Å². The smallest absolute Gasteiger partial charge is 0.220 e. The Balaban J connectivity index is 3.44. The molecular formula is C31H63NO3. The van der Waals surface area contributed by atoms with Crippen LogP contribution >= 0.6 is 0 Å². The fourth-order valence-electron chi connectivity index (χ4n) is 4.89. The van der Waals surface area contributed by atoms with Crippen LogP contribution in [0.1, 0.15) is 174 Å². The molecule has 0 aliphatic rings. The Morgan fingerprint density at radius 3 is 1.29 bits per heavy atom. The van der Waals surface area contributed by atoms with Gasteiger partial charge in [0.05, 0.1) is 18.8 Å². The highest BCUT2D eigenvalue weighted by Gasteiger charge is 2.19. The van der Waals surface area contributed by atoms with E-state index in [1.807, 2.05) is 0 Å². The molecule has 0 aromatic heterocycles. The van der Waals surface area contributed by atoms with Gasteiger partial charge in [0.15, 0.2) is 0 Å². The minimum Gasteiger partial charge on any atom is -0.394 e. The lowest BCUT2D eigenvalue weighted by Gasteiger charge is -2.22. The summed E-state index contributed by atoms with van der Waals surface area (Å²) < 4.78 is 0. The van der Waals surface area contributed by atoms with Crippen molar-refractivity contribution < 1.29 is 15.0 Å². The number of aliphatic hydroxyl groups is 2. The molecule has 0 aliphatic heterocycles. The Bertz CT molecular complexity index is 429. The molecule has 0 saturated carbocycles. The summed E-state index contributed by atoms with van der Waals surface area (Å²) in [5.74, 6) is -0.0365. The van der Waals surface area contributed by atoms with Gasteiger partial charge in [-0.1, -0.05) is 155 Å². The number of aliphatic hydroxyl groups excluding tert-OH is 2. The van der Waals surface area contributed by atoms with E-state index in [4.69, 9.17) is 0 Å². The van der Waals surface area contributed by atoms with Gasteiger partial charge in [-0.25, -0.2) is 0 Å². The molecule has 210 valence electrons. The molecule has 4 nitrogen and oxygen atoms in total. The molecule has 0 aliphatic carbocycles. The number of rotatable bonds is 28. The molecule has 0 aromatic rings. The monoisotopic (exact) mass is 497 g/mol. The molecule has 0 bridgehead atoms. The van der Waals surface area contributed by atoms with E-state index < -0.39 is 12.1 Å². The van der Waals surface area contributed by atoms with Crippen LogP contribution in [0.3, 0.4) is 0 Å². The summed E-state index contributed by atoms with van der Waals surface area (Å²) >= 11 is 0. The van der Waals surface area contributed by atoms with Crippen LogP contribution in [0.5, 0.6) is 0 Å². The van der Waals surface area contributed by atoms with Crippen LogP contribution in [0.15, 0.2) is 0 Å². The van der Waals surface area contributed by atoms with Crippen LogP contribution in [0, 0.1) is 0 Å². The van der Waals surface area contributed by atoms with E-state index in [0.717, 1.165) is 25.7 Å². The molecular weight excluding hydrogens is 434 g/mol. The van der Waals surface area contributed by atoms with Crippen LogP contribution in [0.25, 0.3) is 0 Å². The first-order valence-corrected chi connectivity index (χ1v) is 15.7. The fraction of sp³-hybridized carbons (Fsp3) is 0.968. The minimum atomic E-state index is -0.647. The number of hydrogen-bond acceptors (Lipinski definition) is 3. The molecule has 0 aromatic carbocycles. The molecule has 0 heterocycles. The second-order valence-electron chi connectivity index (χ2n) is 10.9. The van der Waals surface area contributed by atoms with E-state index in [2.05, 4.69) is 19.2 Å². The number of unbranched alkanes of at least 4 members (excludes halogenated alkanes) is 21. The number of hydrogen-bond donors (Lipinski definition) is 3. The first-order valence-electron chi connectivity index (χ1n) is 15.7. The van der Waals surface area contributed by atoms with Crippen LogP contribution < -0.4 is 5.32 Å². The van der Waals surface area contributed by atoms with Crippen LogP contribution in [-0.2, 0) is 4.79 Å². The zero-order valence-corrected chi connectivity index (χ0v) is 23.8. The van der Waals surface area contributed by atoms with Gasteiger partial charge in [0.1, 0.15) is 0 Å². The van der Waals surface area contributed by atoms with Gasteiger partial charge in [0.25, 0.3) is 0 Å². The molecule has 0 radical (unpaired) electrons. The number of amides is 1. The van der Waals surface area contributed by atoms with E-state index >= 15 is 0 Å². The number of nitrogens with one attached hydrogen (secondary N) is 1. The highest BCUT2D eigenvalue weighted by Crippen LogP contribution is 2.15. The minimum absolute atomic E-state index is 0.0365. The van der Waals surface area contributed by atoms with Crippen molar-refractivity contribution in [2.75, 3.05) is 6.61 Å². The van der Waals surface area contributed by atoms with Gasteiger partial charge in [-0.3, -0.25) is 4.79 Å². The summed E-state index contributed by atoms with van der Waals surface area (Å²) in [6.45, 7) is 4.28. The maximum atomic E-state index is 12.2. The van der Waals surface area contributed by atoms with Gasteiger partial charge in [0, 0.05) is 6.42 Å². The predicted molar refractivity (Wildman–Crippen MR) is 152 cm³/mol. The maximum Gasteiger partial charge on any atom is 0.220 e. The molecule has 2 unspecified atom stereocenters. The number of carbonyl (C=O) groups excluding carboxylic acids is 1. The van der Waals surface area contributed by atoms with Gasteiger partial charge in [0.2, 0.25) is 5.91 Å². The molecule has 0 spiro atoms. The van der Waals surface area contributed by atoms with Gasteiger partial charge < -0.3 is 15.5 Å². The zero-order valence-electron chi connectivity index (χ0n) is 23.8. The third-order valence-electron chi connectivity index (χ3n) is 7.37. The molecule has 1 amide bonds. The summed E-state index contributed by atoms with van der Waals surface area (Å²) in [6, 6.07) is -0.524. The van der Waals surface area contributed by atoms with Crippen molar-refractivity contribution in [3.63, 3.8) is 0 Å². The molecule has 0 saturated heterocycles. The molecule has 0 rings (SSSR count). The normalized spacial score (nSPS) is 13.1. The van der Waals surface area contributed by atoms with E-state index in [-0.39, 0.29) is 12.5 Å². The van der Waals surface area contributed by atoms with E-state index in [1.165, 1.54) is 122 Å². The zero-order chi connectivity index (χ0) is 25.8. The SMILES string of the molecule is CCCCCCCCCCCCCCCCCCCCC(=O)NC(CO)C(O)CCCCCCC. The quantitative estimate of drug-likeness (QED) is 0.0947. The Labute approximate surface area is 219 Å². The van der Waals surface area contributed by atoms with Crippen molar-refractivity contribution in [2.45, 2.75) is 187 Å². The Kier molecular flexibility index (Phi) is 27.5. The Hall–Kier alpha value is -0.610. The molecule has 2 atom stereocenters. The van der Waals surface area contributed by atoms with Crippen LogP contribution in [-0.4, -0.2) is 34.9 Å². The summed E-state index contributed by atoms with van der Waals surface area (Å²) in [5, 5.41) is 22.6. The first-order chi connectivity index (χ1) is 17.2. The largest absolute Gasteiger partial charge is 0.394 e. The molecule has 3 N–H and O–H groups in total. The summed E-state index contributed by atoms with van der Waals surface area (Å²) in [7, 11) is 0. The highest BCUT2D eigenvalue weighted by atomic mass is 16.3. The maximum absolute atomic E-state index is 12.2. The highest BCUT2D eigenvalue weighted by molar-refractivity contribution is 5.76. The lowest BCUT2D eigenvalue weighted by atomic mass is 10.0. The average molecular weight is 498 g/mol. The summed E-state index contributed by atoms with van der Waals surface area (Å²) in [5.41, 5.74) is 0. The second kappa shape index (κ2) is 28.0. The van der Waals surface area contributed by atoms with Crippen molar-refractivity contribution in [3.05, 3.63) is 0 Å². The van der Waals surface area contributed by atoms with Crippen molar-refractivity contribution in [1.29, 1.82) is 0 Å². The summed E-state index contributed by atoms with van der Waals surface area (Å²) in [6.07, 6.45) is 30.3. The Morgan fingerprint density at radius 1 is 0.571 bits per heavy atom. The van der Waals surface area contributed by atoms with Crippen molar-refractivity contribution in [2.24, 2.45) is 0 Å². The lowest BCUT2D eigenvalue weighted by Crippen LogP contribution is -2.45. The van der Waals surface area contributed by atoms with E-state index in [0.29, 0.717) is 12.8 Å². The van der Waals surface area contributed by atoms with Crippen molar-refractivity contribution >= 4 is 5.91 Å². The van der Waals surface area contributed by atoms with Crippen LogP contribution in [0.4, 0.5) is 0 Å². The first kappa shape index (κ1) is 34.4. The third kappa shape index (κ3) is 24.8. The fourth-order valence-corrected chi connectivity index (χ4v) is 4.89. The molecule has 4 heteroatoms. The predicted octanol–water partition coefficient (Wildman–Crippen LogP) is 8.62. The van der Waals surface area contributed by atoms with Gasteiger partial charge in [-0.2, -0.15) is 0 Å². The third-order valence-corrected chi connectivity index (χ3v) is 7.37. The van der Waals surface area contributed by atoms with Crippen molar-refractivity contribution in [3.8, 4) is 0 Å². The molecule has 0 fully saturated rings. The van der Waals surface area contributed by atoms with E-state index in [9.17, 15) is 15.0 Å². The standard InChI is InChI=1S/C31H63NO3/c1-3-5-7-9-10-11-12-13-14-15-16-17-18-19-20-21-23-25-27-31(35)32-29(28-33)30(34)26-24-22-8-6-4-2/h29-30,33-34H,3-28H2,1-2H3,(H,32,35). The van der Waals surface area contributed by atoms with Gasteiger partial charge in [-0.05, 0) is 12.8 Å². The molecule has 35 heavy (non-hydrogen) atoms. The summed E-state index contributed by atoms with van der Waals surface area (Å²) in [4.78, 5) is 12.2. The lowest BCUT2D eigenvalue weighted by molar-refractivity contribution is -0.123. The Morgan fingerprint density at radius 2 is 0.914 bits per heavy atom. The van der Waals surface area contributed by atoms with Gasteiger partial charge in [-0.15, -0.1) is 0 Å². The topological polar surface area (TPSA) is 69.6 Å². The second-order valence-corrected chi connectivity index (χ2v) is 10.9. The number of carbonyl (C=O) groups is 1. The van der Waals surface area contributed by atoms with E-state index in [1.54, 1.807) is 0 Å². The van der Waals surface area contributed by atoms with Crippen LogP contribution in [0.2, 0.25) is 0 Å². The average Bonchev–Trinajstić information content (AvgIpc) is 2.86. The van der Waals surface area contributed by atoms with Crippen molar-refractivity contribution in [1.82, 2.24) is 5.32 Å².